The van der Waals surface area contributed by atoms with Gasteiger partial charge in [0.15, 0.2) is 0 Å². The zero-order chi connectivity index (χ0) is 22.6. The summed E-state index contributed by atoms with van der Waals surface area (Å²) in [4.78, 5) is 24.4. The summed E-state index contributed by atoms with van der Waals surface area (Å²) in [5.74, 6) is -5.13. The molecule has 0 atom stereocenters. The fourth-order valence-electron chi connectivity index (χ4n) is 3.68. The molecule has 0 saturated carbocycles. The minimum Gasteiger partial charge on any atom is -0.378 e. The molecule has 0 radical (unpaired) electrons. The number of pyridine rings is 2. The van der Waals surface area contributed by atoms with Crippen LogP contribution in [0.3, 0.4) is 0 Å². The molecule has 2 aromatic heterocycles. The first-order chi connectivity index (χ1) is 15.5. The summed E-state index contributed by atoms with van der Waals surface area (Å²) < 4.78 is 36.0. The van der Waals surface area contributed by atoms with E-state index in [0.717, 1.165) is 23.7 Å². The van der Waals surface area contributed by atoms with Crippen molar-refractivity contribution in [3.63, 3.8) is 0 Å². The molecule has 8 heteroatoms. The smallest absolute Gasteiger partial charge is 0.366 e. The Kier molecular flexibility index (Phi) is 6.41. The van der Waals surface area contributed by atoms with Crippen molar-refractivity contribution < 1.29 is 18.3 Å². The van der Waals surface area contributed by atoms with E-state index in [1.807, 2.05) is 12.1 Å². The Labute approximate surface area is 185 Å². The molecule has 1 amide bonds. The number of morpholine rings is 1. The second-order valence-corrected chi connectivity index (χ2v) is 7.57. The highest BCUT2D eigenvalue weighted by Crippen LogP contribution is 2.34. The zero-order valence-electron chi connectivity index (χ0n) is 17.7. The molecule has 0 aliphatic carbocycles. The first-order valence-electron chi connectivity index (χ1n) is 10.4. The van der Waals surface area contributed by atoms with Gasteiger partial charge < -0.3 is 14.5 Å². The van der Waals surface area contributed by atoms with Crippen molar-refractivity contribution in [2.24, 2.45) is 0 Å². The van der Waals surface area contributed by atoms with E-state index >= 15 is 8.78 Å². The molecule has 166 valence electrons. The fourth-order valence-corrected chi connectivity index (χ4v) is 3.68. The molecule has 0 unspecified atom stereocenters. The lowest BCUT2D eigenvalue weighted by Gasteiger charge is -2.30. The van der Waals surface area contributed by atoms with Crippen LogP contribution in [0.25, 0.3) is 0 Å². The number of aromatic nitrogens is 2. The maximum absolute atomic E-state index is 15.3. The Morgan fingerprint density at radius 1 is 1.03 bits per heavy atom. The lowest BCUT2D eigenvalue weighted by molar-refractivity contribution is -0.144. The van der Waals surface area contributed by atoms with Crippen LogP contribution in [0.5, 0.6) is 0 Å². The normalized spacial score (nSPS) is 14.3. The number of carbonyl (C=O) groups is 1. The van der Waals surface area contributed by atoms with Gasteiger partial charge in [-0.2, -0.15) is 8.78 Å². The van der Waals surface area contributed by atoms with E-state index in [1.165, 1.54) is 19.2 Å². The second kappa shape index (κ2) is 9.40. The number of hydrogen-bond donors (Lipinski definition) is 0. The number of alkyl halides is 2. The summed E-state index contributed by atoms with van der Waals surface area (Å²) in [5, 5.41) is 0. The van der Waals surface area contributed by atoms with Crippen LogP contribution in [0.4, 0.5) is 20.2 Å². The molecule has 4 rings (SSSR count). The summed E-state index contributed by atoms with van der Waals surface area (Å²) in [6.07, 6.45) is 2.84. The van der Waals surface area contributed by atoms with Gasteiger partial charge in [-0.25, -0.2) is 0 Å². The van der Waals surface area contributed by atoms with Gasteiger partial charge >= 0.3 is 11.8 Å². The Balaban J connectivity index is 1.67. The number of anilines is 2. The number of amides is 1. The van der Waals surface area contributed by atoms with Gasteiger partial charge in [0.1, 0.15) is 5.69 Å². The Morgan fingerprint density at radius 2 is 1.75 bits per heavy atom. The third-order valence-corrected chi connectivity index (χ3v) is 5.40. The highest BCUT2D eigenvalue weighted by atomic mass is 19.3. The van der Waals surface area contributed by atoms with Crippen LogP contribution in [0.15, 0.2) is 67.0 Å². The van der Waals surface area contributed by atoms with E-state index in [1.54, 1.807) is 42.6 Å². The van der Waals surface area contributed by atoms with Crippen LogP contribution in [0.1, 0.15) is 17.0 Å². The van der Waals surface area contributed by atoms with Crippen LogP contribution in [-0.4, -0.2) is 42.2 Å². The highest BCUT2D eigenvalue weighted by molar-refractivity contribution is 5.98. The van der Waals surface area contributed by atoms with Crippen LogP contribution < -0.4 is 9.80 Å². The first kappa shape index (κ1) is 21.8. The highest BCUT2D eigenvalue weighted by Gasteiger charge is 2.47. The number of nitrogens with zero attached hydrogens (tertiary/aromatic N) is 4. The molecule has 1 aromatic carbocycles. The number of ether oxygens (including phenoxy) is 1. The SMILES string of the molecule is Cc1cccnc1C(F)(F)C(=O)N(Cc1ccccn1)c1ccc(N2CCOCC2)cc1. The molecule has 1 saturated heterocycles. The van der Waals surface area contributed by atoms with Crippen LogP contribution in [0, 0.1) is 6.92 Å². The van der Waals surface area contributed by atoms with Crippen LogP contribution in [0.2, 0.25) is 0 Å². The number of aryl methyl sites for hydroxylation is 1. The van der Waals surface area contributed by atoms with Crippen molar-refractivity contribution in [2.75, 3.05) is 36.1 Å². The molecule has 6 nitrogen and oxygen atoms in total. The monoisotopic (exact) mass is 438 g/mol. The molecule has 32 heavy (non-hydrogen) atoms. The maximum Gasteiger partial charge on any atom is 0.366 e. The second-order valence-electron chi connectivity index (χ2n) is 7.57. The average Bonchev–Trinajstić information content (AvgIpc) is 2.83. The lowest BCUT2D eigenvalue weighted by Crippen LogP contribution is -2.42. The molecule has 1 aliphatic rings. The summed E-state index contributed by atoms with van der Waals surface area (Å²) >= 11 is 0. The molecule has 0 bridgehead atoms. The number of carbonyl (C=O) groups excluding carboxylic acids is 1. The van der Waals surface area contributed by atoms with E-state index < -0.39 is 17.5 Å². The minimum absolute atomic E-state index is 0.0853. The zero-order valence-corrected chi connectivity index (χ0v) is 17.7. The Hall–Kier alpha value is -3.39. The topological polar surface area (TPSA) is 58.6 Å². The van der Waals surface area contributed by atoms with Gasteiger partial charge in [0.05, 0.1) is 25.5 Å². The standard InChI is InChI=1S/C24H24F2N4O2/c1-18-5-4-12-28-22(18)24(25,26)23(31)30(17-19-6-2-3-11-27-19)21-9-7-20(8-10-21)29-13-15-32-16-14-29/h2-12H,13-17H2,1H3. The van der Waals surface area contributed by atoms with Crippen molar-refractivity contribution in [3.8, 4) is 0 Å². The van der Waals surface area contributed by atoms with E-state index in [4.69, 9.17) is 4.74 Å². The molecule has 3 aromatic rings. The molecule has 0 spiro atoms. The van der Waals surface area contributed by atoms with Crippen molar-refractivity contribution in [1.82, 2.24) is 9.97 Å². The minimum atomic E-state index is -3.79. The average molecular weight is 438 g/mol. The van der Waals surface area contributed by atoms with Gasteiger partial charge in [-0.3, -0.25) is 14.8 Å². The summed E-state index contributed by atoms with van der Waals surface area (Å²) in [5.41, 5.74) is 1.54. The predicted octanol–water partition coefficient (Wildman–Crippen LogP) is 3.95. The van der Waals surface area contributed by atoms with E-state index in [2.05, 4.69) is 14.9 Å². The van der Waals surface area contributed by atoms with Crippen LogP contribution >= 0.6 is 0 Å². The van der Waals surface area contributed by atoms with E-state index in [0.29, 0.717) is 24.6 Å². The van der Waals surface area contributed by atoms with E-state index in [-0.39, 0.29) is 12.1 Å². The van der Waals surface area contributed by atoms with Crippen molar-refractivity contribution in [3.05, 3.63) is 83.9 Å². The van der Waals surface area contributed by atoms with Gasteiger partial charge in [0.25, 0.3) is 0 Å². The predicted molar refractivity (Wildman–Crippen MR) is 118 cm³/mol. The molecule has 3 heterocycles. The van der Waals surface area contributed by atoms with Crippen molar-refractivity contribution >= 4 is 17.3 Å². The fraction of sp³-hybridized carbons (Fsp3) is 0.292. The van der Waals surface area contributed by atoms with Crippen molar-refractivity contribution in [2.45, 2.75) is 19.4 Å². The third-order valence-electron chi connectivity index (χ3n) is 5.40. The molecule has 1 fully saturated rings. The largest absolute Gasteiger partial charge is 0.378 e. The summed E-state index contributed by atoms with van der Waals surface area (Å²) in [7, 11) is 0. The Bertz CT molecular complexity index is 1060. The number of hydrogen-bond acceptors (Lipinski definition) is 5. The maximum atomic E-state index is 15.3. The first-order valence-corrected chi connectivity index (χ1v) is 10.4. The molecule has 0 N–H and O–H groups in total. The van der Waals surface area contributed by atoms with Gasteiger partial charge in [0.2, 0.25) is 0 Å². The van der Waals surface area contributed by atoms with E-state index in [9.17, 15) is 4.79 Å². The lowest BCUT2D eigenvalue weighted by atomic mass is 10.1. The van der Waals surface area contributed by atoms with Crippen LogP contribution in [-0.2, 0) is 22.0 Å². The molecular formula is C24H24F2N4O2. The molecular weight excluding hydrogens is 414 g/mol. The molecule has 1 aliphatic heterocycles. The Morgan fingerprint density at radius 3 is 2.41 bits per heavy atom. The number of benzene rings is 1. The van der Waals surface area contributed by atoms with Gasteiger partial charge in [-0.1, -0.05) is 12.1 Å². The van der Waals surface area contributed by atoms with Gasteiger partial charge in [-0.05, 0) is 55.0 Å². The quantitative estimate of drug-likeness (QED) is 0.583. The summed E-state index contributed by atoms with van der Waals surface area (Å²) in [6.45, 7) is 4.23. The van der Waals surface area contributed by atoms with Gasteiger partial charge in [-0.15, -0.1) is 0 Å². The third kappa shape index (κ3) is 4.60. The van der Waals surface area contributed by atoms with Gasteiger partial charge in [0, 0.05) is 36.9 Å². The van der Waals surface area contributed by atoms with Crippen molar-refractivity contribution in [1.29, 1.82) is 0 Å². The number of halogens is 2. The number of rotatable bonds is 6. The summed E-state index contributed by atoms with van der Waals surface area (Å²) in [6, 6.07) is 15.3.